The van der Waals surface area contributed by atoms with Crippen molar-refractivity contribution in [1.29, 1.82) is 0 Å². The first kappa shape index (κ1) is 30.7. The number of carbonyl (C=O) groups is 2. The standard InChI is InChI=1S/C27H28BrCl2N3O5S/c1-17-5-8-20(9-6-17)33(39(36,37)21-10-12-25(38-4)22(28)14-21)16-26(34)32(18(2)27(35)31-3)15-19-7-11-23(29)24(30)13-19/h5-14,18H,15-16H2,1-4H3,(H,31,35)/t18-/m1/s1. The number of nitrogens with zero attached hydrogens (tertiary/aromatic N) is 2. The Bertz CT molecular complexity index is 1470. The zero-order valence-corrected chi connectivity index (χ0v) is 25.7. The zero-order chi connectivity index (χ0) is 28.9. The molecule has 0 saturated carbocycles. The highest BCUT2D eigenvalue weighted by molar-refractivity contribution is 9.10. The molecule has 3 aromatic carbocycles. The Hall–Kier alpha value is -2.79. The number of rotatable bonds is 10. The van der Waals surface area contributed by atoms with Crippen molar-refractivity contribution in [3.63, 3.8) is 0 Å². The van der Waals surface area contributed by atoms with E-state index in [0.717, 1.165) is 9.87 Å². The Balaban J connectivity index is 2.06. The van der Waals surface area contributed by atoms with Gasteiger partial charge in [0.05, 0.1) is 32.2 Å². The van der Waals surface area contributed by atoms with Crippen LogP contribution in [0.2, 0.25) is 10.0 Å². The molecule has 0 saturated heterocycles. The lowest BCUT2D eigenvalue weighted by molar-refractivity contribution is -0.139. The molecule has 0 fully saturated rings. The van der Waals surface area contributed by atoms with Crippen LogP contribution in [0.1, 0.15) is 18.1 Å². The molecule has 0 unspecified atom stereocenters. The minimum Gasteiger partial charge on any atom is -0.496 e. The molecule has 0 radical (unpaired) electrons. The fourth-order valence-electron chi connectivity index (χ4n) is 3.80. The molecule has 0 aliphatic rings. The molecule has 12 heteroatoms. The lowest BCUT2D eigenvalue weighted by Crippen LogP contribution is -2.50. The van der Waals surface area contributed by atoms with Gasteiger partial charge in [0.15, 0.2) is 0 Å². The largest absolute Gasteiger partial charge is 0.496 e. The zero-order valence-electron chi connectivity index (χ0n) is 21.7. The highest BCUT2D eigenvalue weighted by Gasteiger charge is 2.32. The summed E-state index contributed by atoms with van der Waals surface area (Å²) >= 11 is 15.5. The van der Waals surface area contributed by atoms with E-state index < -0.39 is 34.4 Å². The van der Waals surface area contributed by atoms with Crippen LogP contribution in [-0.4, -0.2) is 51.9 Å². The molecule has 0 aliphatic carbocycles. The molecule has 0 aliphatic heterocycles. The predicted octanol–water partition coefficient (Wildman–Crippen LogP) is 5.43. The summed E-state index contributed by atoms with van der Waals surface area (Å²) in [6.07, 6.45) is 0. The molecular formula is C27H28BrCl2N3O5S. The second-order valence-electron chi connectivity index (χ2n) is 8.70. The predicted molar refractivity (Wildman–Crippen MR) is 157 cm³/mol. The van der Waals surface area contributed by atoms with Crippen molar-refractivity contribution >= 4 is 66.7 Å². The average Bonchev–Trinajstić information content (AvgIpc) is 2.91. The fourth-order valence-corrected chi connectivity index (χ4v) is 6.25. The van der Waals surface area contributed by atoms with Crippen molar-refractivity contribution in [2.75, 3.05) is 25.0 Å². The smallest absolute Gasteiger partial charge is 0.264 e. The van der Waals surface area contributed by atoms with Gasteiger partial charge in [0.1, 0.15) is 18.3 Å². The number of aryl methyl sites for hydroxylation is 1. The summed E-state index contributed by atoms with van der Waals surface area (Å²) in [6.45, 7) is 2.88. The number of benzene rings is 3. The van der Waals surface area contributed by atoms with Crippen LogP contribution in [0.4, 0.5) is 5.69 Å². The molecule has 1 atom stereocenters. The van der Waals surface area contributed by atoms with Crippen LogP contribution in [0.15, 0.2) is 70.0 Å². The minimum absolute atomic E-state index is 0.000177. The van der Waals surface area contributed by atoms with Gasteiger partial charge in [-0.25, -0.2) is 8.42 Å². The number of hydrogen-bond donors (Lipinski definition) is 1. The van der Waals surface area contributed by atoms with E-state index in [1.54, 1.807) is 49.4 Å². The SMILES string of the molecule is CNC(=O)[C@@H](C)N(Cc1ccc(Cl)c(Cl)c1)C(=O)CN(c1ccc(C)cc1)S(=O)(=O)c1ccc(OC)c(Br)c1. The topological polar surface area (TPSA) is 96.0 Å². The number of sulfonamides is 1. The van der Waals surface area contributed by atoms with Crippen LogP contribution in [0.3, 0.4) is 0 Å². The van der Waals surface area contributed by atoms with Crippen LogP contribution >= 0.6 is 39.1 Å². The molecular weight excluding hydrogens is 629 g/mol. The highest BCUT2D eigenvalue weighted by Crippen LogP contribution is 2.31. The van der Waals surface area contributed by atoms with Crippen molar-refractivity contribution in [2.45, 2.75) is 31.3 Å². The lowest BCUT2D eigenvalue weighted by Gasteiger charge is -2.32. The first-order chi connectivity index (χ1) is 18.4. The summed E-state index contributed by atoms with van der Waals surface area (Å²) < 4.78 is 34.5. The van der Waals surface area contributed by atoms with Crippen molar-refractivity contribution in [3.05, 3.63) is 86.3 Å². The number of methoxy groups -OCH3 is 1. The highest BCUT2D eigenvalue weighted by atomic mass is 79.9. The Labute approximate surface area is 247 Å². The third kappa shape index (κ3) is 7.25. The molecule has 0 heterocycles. The van der Waals surface area contributed by atoms with Gasteiger partial charge in [-0.3, -0.25) is 13.9 Å². The lowest BCUT2D eigenvalue weighted by atomic mass is 10.1. The molecule has 0 spiro atoms. The Kier molecular flexibility index (Phi) is 10.3. The summed E-state index contributed by atoms with van der Waals surface area (Å²) in [5, 5.41) is 3.18. The second-order valence-corrected chi connectivity index (χ2v) is 12.2. The Morgan fingerprint density at radius 2 is 1.69 bits per heavy atom. The number of carbonyl (C=O) groups excluding carboxylic acids is 2. The van der Waals surface area contributed by atoms with Crippen LogP contribution in [0.25, 0.3) is 0 Å². The van der Waals surface area contributed by atoms with E-state index in [2.05, 4.69) is 21.2 Å². The molecule has 2 amide bonds. The normalized spacial score (nSPS) is 12.0. The maximum Gasteiger partial charge on any atom is 0.264 e. The first-order valence-corrected chi connectivity index (χ1v) is 14.8. The van der Waals surface area contributed by atoms with Crippen LogP contribution in [0, 0.1) is 6.92 Å². The third-order valence-corrected chi connectivity index (χ3v) is 9.19. The van der Waals surface area contributed by atoms with Crippen molar-refractivity contribution in [2.24, 2.45) is 0 Å². The summed E-state index contributed by atoms with van der Waals surface area (Å²) in [4.78, 5) is 27.6. The molecule has 8 nitrogen and oxygen atoms in total. The van der Waals surface area contributed by atoms with Crippen LogP contribution < -0.4 is 14.4 Å². The van der Waals surface area contributed by atoms with E-state index in [1.165, 1.54) is 37.3 Å². The van der Waals surface area contributed by atoms with E-state index in [0.29, 0.717) is 31.5 Å². The summed E-state index contributed by atoms with van der Waals surface area (Å²) in [5.74, 6) is -0.541. The third-order valence-electron chi connectivity index (χ3n) is 6.06. The van der Waals surface area contributed by atoms with Gasteiger partial charge in [0.25, 0.3) is 10.0 Å². The van der Waals surface area contributed by atoms with Crippen LogP contribution in [-0.2, 0) is 26.2 Å². The van der Waals surface area contributed by atoms with E-state index in [4.69, 9.17) is 27.9 Å². The summed E-state index contributed by atoms with van der Waals surface area (Å²) in [5.41, 5.74) is 1.84. The van der Waals surface area contributed by atoms with Crippen molar-refractivity contribution in [3.8, 4) is 5.75 Å². The first-order valence-electron chi connectivity index (χ1n) is 11.8. The van der Waals surface area contributed by atoms with Gasteiger partial charge in [-0.15, -0.1) is 0 Å². The number of amides is 2. The number of anilines is 1. The molecule has 39 heavy (non-hydrogen) atoms. The van der Waals surface area contributed by atoms with Gasteiger partial charge in [0.2, 0.25) is 11.8 Å². The van der Waals surface area contributed by atoms with Gasteiger partial charge in [-0.2, -0.15) is 0 Å². The number of halogens is 3. The maximum absolute atomic E-state index is 13.9. The van der Waals surface area contributed by atoms with Crippen LogP contribution in [0.5, 0.6) is 5.75 Å². The monoisotopic (exact) mass is 655 g/mol. The van der Waals surface area contributed by atoms with Crippen molar-refractivity contribution in [1.82, 2.24) is 10.2 Å². The van der Waals surface area contributed by atoms with E-state index >= 15 is 0 Å². The molecule has 0 aromatic heterocycles. The van der Waals surface area contributed by atoms with Gasteiger partial charge >= 0.3 is 0 Å². The minimum atomic E-state index is -4.22. The fraction of sp³-hybridized carbons (Fsp3) is 0.259. The number of hydrogen-bond acceptors (Lipinski definition) is 5. The number of nitrogens with one attached hydrogen (secondary N) is 1. The summed E-state index contributed by atoms with van der Waals surface area (Å²) in [6, 6.07) is 15.1. The molecule has 3 rings (SSSR count). The molecule has 0 bridgehead atoms. The van der Waals surface area contributed by atoms with E-state index in [1.807, 2.05) is 6.92 Å². The Morgan fingerprint density at radius 3 is 2.26 bits per heavy atom. The maximum atomic E-state index is 13.9. The Morgan fingerprint density at radius 1 is 1.03 bits per heavy atom. The van der Waals surface area contributed by atoms with Gasteiger partial charge in [-0.05, 0) is 77.8 Å². The van der Waals surface area contributed by atoms with Gasteiger partial charge in [0, 0.05) is 13.6 Å². The number of likely N-dealkylation sites (N-methyl/N-ethyl adjacent to an activating group) is 1. The number of ether oxygens (including phenoxy) is 1. The molecule has 1 N–H and O–H groups in total. The van der Waals surface area contributed by atoms with E-state index in [9.17, 15) is 18.0 Å². The molecule has 208 valence electrons. The molecule has 3 aromatic rings. The van der Waals surface area contributed by atoms with Crippen molar-refractivity contribution < 1.29 is 22.7 Å². The average molecular weight is 657 g/mol. The van der Waals surface area contributed by atoms with Gasteiger partial charge in [-0.1, -0.05) is 47.0 Å². The quantitative estimate of drug-likeness (QED) is 0.314. The second kappa shape index (κ2) is 13.0. The van der Waals surface area contributed by atoms with E-state index in [-0.39, 0.29) is 11.4 Å². The summed E-state index contributed by atoms with van der Waals surface area (Å²) in [7, 11) is -1.28. The van der Waals surface area contributed by atoms with Gasteiger partial charge < -0.3 is 15.0 Å².